The third-order valence-corrected chi connectivity index (χ3v) is 4.81. The number of anilines is 1. The van der Waals surface area contributed by atoms with Gasteiger partial charge in [-0.1, -0.05) is 0 Å². The molecule has 2 aromatic rings. The number of hydrogen-bond acceptors (Lipinski definition) is 6. The molecule has 3 heterocycles. The molecule has 0 radical (unpaired) electrons. The maximum Gasteiger partial charge on any atom is 0.155 e. The van der Waals surface area contributed by atoms with E-state index in [9.17, 15) is 4.79 Å². The summed E-state index contributed by atoms with van der Waals surface area (Å²) in [4.78, 5) is 24.1. The van der Waals surface area contributed by atoms with Crippen molar-refractivity contribution in [3.05, 3.63) is 18.6 Å². The molecular weight excluding hydrogens is 304 g/mol. The Morgan fingerprint density at radius 1 is 1.50 bits per heavy atom. The molecule has 1 N–H and O–H groups in total. The van der Waals surface area contributed by atoms with Gasteiger partial charge in [0.25, 0.3) is 0 Å². The summed E-state index contributed by atoms with van der Waals surface area (Å²) in [5.41, 5.74) is 0.804. The average Bonchev–Trinajstić information content (AvgIpc) is 3.08. The first-order valence-corrected chi connectivity index (χ1v) is 8.30. The highest BCUT2D eigenvalue weighted by molar-refractivity contribution is 5.87. The van der Waals surface area contributed by atoms with Gasteiger partial charge in [-0.25, -0.2) is 15.0 Å². The number of hydrazine groups is 1. The molecule has 0 saturated carbocycles. The predicted molar refractivity (Wildman–Crippen MR) is 91.0 cm³/mol. The molecule has 0 aromatic carbocycles. The summed E-state index contributed by atoms with van der Waals surface area (Å²) in [5, 5.41) is 13.9. The molecular formula is C17H22N6O. The molecule has 0 spiro atoms. The van der Waals surface area contributed by atoms with E-state index in [1.54, 1.807) is 6.33 Å². The number of fused-ring (bicyclic) bond motifs is 1. The molecule has 3 rings (SSSR count). The minimum Gasteiger partial charge on any atom is -0.346 e. The second-order valence-electron chi connectivity index (χ2n) is 6.33. The number of aromatic nitrogens is 3. The fraction of sp³-hybridized carbons (Fsp3) is 0.529. The van der Waals surface area contributed by atoms with Crippen LogP contribution in [0.3, 0.4) is 0 Å². The Hall–Kier alpha value is -2.46. The number of rotatable bonds is 5. The Labute approximate surface area is 141 Å². The van der Waals surface area contributed by atoms with Gasteiger partial charge in [0.05, 0.1) is 11.5 Å². The largest absolute Gasteiger partial charge is 0.346 e. The smallest absolute Gasteiger partial charge is 0.155 e. The topological polar surface area (TPSA) is 88.9 Å². The van der Waals surface area contributed by atoms with Gasteiger partial charge in [0.2, 0.25) is 0 Å². The molecule has 1 aliphatic rings. The lowest BCUT2D eigenvalue weighted by molar-refractivity contribution is -0.125. The normalized spacial score (nSPS) is 21.5. The van der Waals surface area contributed by atoms with Crippen molar-refractivity contribution in [3.63, 3.8) is 0 Å². The molecule has 2 aromatic heterocycles. The van der Waals surface area contributed by atoms with Crippen LogP contribution < -0.4 is 5.01 Å². The number of nitrogens with one attached hydrogen (secondary N) is 1. The molecule has 1 saturated heterocycles. The Kier molecular flexibility index (Phi) is 4.76. The highest BCUT2D eigenvalue weighted by Crippen LogP contribution is 2.29. The van der Waals surface area contributed by atoms with Crippen LogP contribution in [0.1, 0.15) is 32.6 Å². The van der Waals surface area contributed by atoms with Crippen molar-refractivity contribution in [2.24, 2.45) is 5.92 Å². The number of ketones is 1. The van der Waals surface area contributed by atoms with E-state index in [-0.39, 0.29) is 11.7 Å². The van der Waals surface area contributed by atoms with Gasteiger partial charge >= 0.3 is 0 Å². The molecule has 0 aliphatic carbocycles. The summed E-state index contributed by atoms with van der Waals surface area (Å²) in [6.45, 7) is 2.83. The Balaban J connectivity index is 1.80. The lowest BCUT2D eigenvalue weighted by atomic mass is 9.89. The number of carbonyl (C=O) groups excluding carboxylic acids is 1. The highest BCUT2D eigenvalue weighted by Gasteiger charge is 2.32. The zero-order chi connectivity index (χ0) is 17.1. The van der Waals surface area contributed by atoms with Gasteiger partial charge in [0, 0.05) is 44.6 Å². The summed E-state index contributed by atoms with van der Waals surface area (Å²) in [6, 6.07) is 4.35. The monoisotopic (exact) mass is 326 g/mol. The zero-order valence-corrected chi connectivity index (χ0v) is 14.1. The molecule has 0 bridgehead atoms. The van der Waals surface area contributed by atoms with Gasteiger partial charge < -0.3 is 4.98 Å². The standard InChI is InChI=1S/C17H22N6O/c1-12-5-6-13(15(24)4-3-8-18)10-23(12)22(2)17-14-7-9-19-16(14)20-11-21-17/h7,9,11-13H,3-6,10H2,1-2H3,(H,19,20,21). The van der Waals surface area contributed by atoms with Crippen molar-refractivity contribution in [2.75, 3.05) is 18.6 Å². The van der Waals surface area contributed by atoms with Crippen molar-refractivity contribution in [1.29, 1.82) is 5.26 Å². The predicted octanol–water partition coefficient (Wildman–Crippen LogP) is 2.28. The second-order valence-corrected chi connectivity index (χ2v) is 6.33. The van der Waals surface area contributed by atoms with Gasteiger partial charge in [-0.2, -0.15) is 5.26 Å². The third-order valence-electron chi connectivity index (χ3n) is 4.81. The molecule has 1 aliphatic heterocycles. The molecule has 126 valence electrons. The van der Waals surface area contributed by atoms with E-state index in [0.717, 1.165) is 29.7 Å². The van der Waals surface area contributed by atoms with Gasteiger partial charge in [-0.15, -0.1) is 0 Å². The van der Waals surface area contributed by atoms with Crippen LogP contribution in [0.25, 0.3) is 11.0 Å². The van der Waals surface area contributed by atoms with Crippen molar-refractivity contribution in [3.8, 4) is 6.07 Å². The summed E-state index contributed by atoms with van der Waals surface area (Å²) >= 11 is 0. The maximum atomic E-state index is 12.3. The quantitative estimate of drug-likeness (QED) is 0.907. The number of H-pyrrole nitrogens is 1. The summed E-state index contributed by atoms with van der Waals surface area (Å²) in [7, 11) is 1.98. The molecule has 24 heavy (non-hydrogen) atoms. The van der Waals surface area contributed by atoms with E-state index in [4.69, 9.17) is 5.26 Å². The third kappa shape index (κ3) is 3.10. The van der Waals surface area contributed by atoms with Crippen molar-refractivity contribution < 1.29 is 4.79 Å². The van der Waals surface area contributed by atoms with E-state index >= 15 is 0 Å². The average molecular weight is 326 g/mol. The number of nitrogens with zero attached hydrogens (tertiary/aromatic N) is 5. The van der Waals surface area contributed by atoms with Crippen LogP contribution in [-0.4, -0.2) is 45.4 Å². The van der Waals surface area contributed by atoms with Gasteiger partial charge in [0.1, 0.15) is 17.8 Å². The van der Waals surface area contributed by atoms with E-state index in [2.05, 4.69) is 33.0 Å². The lowest BCUT2D eigenvalue weighted by Gasteiger charge is -2.43. The fourth-order valence-corrected chi connectivity index (χ4v) is 3.39. The first kappa shape index (κ1) is 16.4. The minimum absolute atomic E-state index is 0.0134. The van der Waals surface area contributed by atoms with Crippen molar-refractivity contribution >= 4 is 22.6 Å². The van der Waals surface area contributed by atoms with Gasteiger partial charge in [0.15, 0.2) is 5.82 Å². The van der Waals surface area contributed by atoms with Gasteiger partial charge in [-0.3, -0.25) is 9.80 Å². The van der Waals surface area contributed by atoms with E-state index in [1.165, 1.54) is 0 Å². The van der Waals surface area contributed by atoms with Gasteiger partial charge in [-0.05, 0) is 25.8 Å². The molecule has 2 atom stereocenters. The van der Waals surface area contributed by atoms with Crippen LogP contribution in [0.5, 0.6) is 0 Å². The fourth-order valence-electron chi connectivity index (χ4n) is 3.39. The van der Waals surface area contributed by atoms with Crippen LogP contribution in [0.15, 0.2) is 18.6 Å². The number of carbonyl (C=O) groups is 1. The molecule has 7 heteroatoms. The SMILES string of the molecule is CC1CCC(C(=O)CCC#N)CN1N(C)c1ncnc2[nH]ccc12. The number of Topliss-reactive ketones (excluding diaryl/α,β-unsaturated/α-hetero) is 1. The lowest BCUT2D eigenvalue weighted by Crippen LogP contribution is -2.52. The summed E-state index contributed by atoms with van der Waals surface area (Å²) in [6.07, 6.45) is 5.90. The molecule has 2 unspecified atom stereocenters. The van der Waals surface area contributed by atoms with Crippen LogP contribution in [0.4, 0.5) is 5.82 Å². The molecule has 0 amide bonds. The van der Waals surface area contributed by atoms with Crippen LogP contribution >= 0.6 is 0 Å². The number of piperidine rings is 1. The van der Waals surface area contributed by atoms with E-state index in [1.807, 2.05) is 24.3 Å². The minimum atomic E-state index is -0.0134. The molecule has 1 fully saturated rings. The summed E-state index contributed by atoms with van der Waals surface area (Å²) < 4.78 is 0. The Morgan fingerprint density at radius 3 is 3.12 bits per heavy atom. The second kappa shape index (κ2) is 6.97. The molecule has 7 nitrogen and oxygen atoms in total. The maximum absolute atomic E-state index is 12.3. The van der Waals surface area contributed by atoms with Crippen LogP contribution in [0, 0.1) is 17.2 Å². The number of nitriles is 1. The van der Waals surface area contributed by atoms with Crippen molar-refractivity contribution in [2.45, 2.75) is 38.6 Å². The van der Waals surface area contributed by atoms with Crippen LogP contribution in [0.2, 0.25) is 0 Å². The zero-order valence-electron chi connectivity index (χ0n) is 14.1. The number of aromatic amines is 1. The van der Waals surface area contributed by atoms with Crippen LogP contribution in [-0.2, 0) is 4.79 Å². The van der Waals surface area contributed by atoms with E-state index in [0.29, 0.717) is 25.4 Å². The summed E-state index contributed by atoms with van der Waals surface area (Å²) in [5.74, 6) is 1.01. The first-order valence-electron chi connectivity index (χ1n) is 8.30. The first-order chi connectivity index (χ1) is 11.6. The Bertz CT molecular complexity index is 764. The Morgan fingerprint density at radius 2 is 2.33 bits per heavy atom. The van der Waals surface area contributed by atoms with E-state index < -0.39 is 0 Å². The van der Waals surface area contributed by atoms with Crippen molar-refractivity contribution in [1.82, 2.24) is 20.0 Å². The highest BCUT2D eigenvalue weighted by atomic mass is 16.1. The number of hydrogen-bond donors (Lipinski definition) is 1.